The number of rotatable bonds is 3. The van der Waals surface area contributed by atoms with Gasteiger partial charge in [0.25, 0.3) is 0 Å². The molecule has 0 spiro atoms. The van der Waals surface area contributed by atoms with Crippen molar-refractivity contribution in [2.75, 3.05) is 19.4 Å². The van der Waals surface area contributed by atoms with Crippen molar-refractivity contribution in [3.63, 3.8) is 0 Å². The Morgan fingerprint density at radius 2 is 2.35 bits per heavy atom. The fraction of sp³-hybridized carbons (Fsp3) is 0.417. The molecule has 4 nitrogen and oxygen atoms in total. The number of thioether (sulfide) groups is 1. The van der Waals surface area contributed by atoms with Crippen LogP contribution in [0, 0.1) is 0 Å². The summed E-state index contributed by atoms with van der Waals surface area (Å²) in [6.45, 7) is 0.555. The molecule has 1 aliphatic rings. The molecular weight excluding hydrogens is 236 g/mol. The minimum absolute atomic E-state index is 0.0149. The maximum Gasteiger partial charge on any atom is 0.229 e. The van der Waals surface area contributed by atoms with Gasteiger partial charge in [0.15, 0.2) is 0 Å². The topological polar surface area (TPSA) is 64.3 Å². The van der Waals surface area contributed by atoms with Gasteiger partial charge in [-0.3, -0.25) is 4.79 Å². The molecule has 5 heteroatoms. The number of carbonyl (C=O) groups excluding carboxylic acids is 1. The number of carbonyl (C=O) groups is 1. The molecule has 3 N–H and O–H groups in total. The lowest BCUT2D eigenvalue weighted by Gasteiger charge is -2.30. The Morgan fingerprint density at radius 3 is 3.12 bits per heavy atom. The van der Waals surface area contributed by atoms with E-state index in [0.29, 0.717) is 12.4 Å². The van der Waals surface area contributed by atoms with Crippen molar-refractivity contribution >= 4 is 17.7 Å². The lowest BCUT2D eigenvalue weighted by molar-refractivity contribution is -0.118. The van der Waals surface area contributed by atoms with Gasteiger partial charge in [0.2, 0.25) is 5.91 Å². The van der Waals surface area contributed by atoms with Crippen LogP contribution in [0.5, 0.6) is 5.75 Å². The van der Waals surface area contributed by atoms with Crippen molar-refractivity contribution in [2.24, 2.45) is 5.73 Å². The lowest BCUT2D eigenvalue weighted by Crippen LogP contribution is -2.35. The summed E-state index contributed by atoms with van der Waals surface area (Å²) in [7, 11) is 1.63. The first-order valence-corrected chi connectivity index (χ1v) is 6.56. The van der Waals surface area contributed by atoms with E-state index in [4.69, 9.17) is 10.5 Å². The highest BCUT2D eigenvalue weighted by Crippen LogP contribution is 2.35. The van der Waals surface area contributed by atoms with E-state index in [-0.39, 0.29) is 17.2 Å². The third-order valence-electron chi connectivity index (χ3n) is 2.79. The number of amides is 1. The molecule has 0 saturated heterocycles. The summed E-state index contributed by atoms with van der Waals surface area (Å²) < 4.78 is 5.64. The number of nitrogens with one attached hydrogen (secondary N) is 1. The van der Waals surface area contributed by atoms with Gasteiger partial charge in [-0.25, -0.2) is 0 Å². The minimum atomic E-state index is -0.0744. The summed E-state index contributed by atoms with van der Waals surface area (Å²) in [4.78, 5) is 11.2. The number of para-hydroxylation sites is 1. The highest BCUT2D eigenvalue weighted by Gasteiger charge is 2.28. The molecule has 1 heterocycles. The predicted octanol–water partition coefficient (Wildman–Crippen LogP) is 0.927. The SMILES string of the molecule is CNC(=O)CSC1COc2ccccc2C1N. The monoisotopic (exact) mass is 252 g/mol. The number of hydrogen-bond acceptors (Lipinski definition) is 4. The second-order valence-electron chi connectivity index (χ2n) is 3.90. The third kappa shape index (κ3) is 2.73. The number of hydrogen-bond donors (Lipinski definition) is 2. The zero-order chi connectivity index (χ0) is 12.3. The first kappa shape index (κ1) is 12.3. The average molecular weight is 252 g/mol. The van der Waals surface area contributed by atoms with Crippen molar-refractivity contribution in [3.8, 4) is 5.75 Å². The molecule has 2 unspecified atom stereocenters. The van der Waals surface area contributed by atoms with Crippen LogP contribution in [-0.2, 0) is 4.79 Å². The lowest BCUT2D eigenvalue weighted by atomic mass is 10.0. The molecule has 0 aromatic heterocycles. The Labute approximate surface area is 105 Å². The molecule has 17 heavy (non-hydrogen) atoms. The Kier molecular flexibility index (Phi) is 3.91. The second kappa shape index (κ2) is 5.42. The number of benzene rings is 1. The molecule has 1 aromatic rings. The predicted molar refractivity (Wildman–Crippen MR) is 69.2 cm³/mol. The molecule has 1 aliphatic heterocycles. The molecule has 0 radical (unpaired) electrons. The van der Waals surface area contributed by atoms with E-state index < -0.39 is 0 Å². The fourth-order valence-corrected chi connectivity index (χ4v) is 2.80. The Bertz CT molecular complexity index is 411. The molecular formula is C12H16N2O2S. The third-order valence-corrected chi connectivity index (χ3v) is 4.08. The van der Waals surface area contributed by atoms with Gasteiger partial charge in [0, 0.05) is 18.7 Å². The van der Waals surface area contributed by atoms with E-state index in [9.17, 15) is 4.79 Å². The second-order valence-corrected chi connectivity index (χ2v) is 5.12. The minimum Gasteiger partial charge on any atom is -0.492 e. The average Bonchev–Trinajstić information content (AvgIpc) is 2.38. The van der Waals surface area contributed by atoms with E-state index in [1.54, 1.807) is 7.05 Å². The highest BCUT2D eigenvalue weighted by molar-refractivity contribution is 8.00. The molecule has 0 saturated carbocycles. The molecule has 1 aromatic carbocycles. The standard InChI is InChI=1S/C12H16N2O2S/c1-14-11(15)7-17-10-6-16-9-5-3-2-4-8(9)12(10)13/h2-5,10,12H,6-7,13H2,1H3,(H,14,15). The van der Waals surface area contributed by atoms with E-state index in [2.05, 4.69) is 5.32 Å². The van der Waals surface area contributed by atoms with Crippen LogP contribution in [0.4, 0.5) is 0 Å². The van der Waals surface area contributed by atoms with Gasteiger partial charge < -0.3 is 15.8 Å². The number of ether oxygens (including phenoxy) is 1. The van der Waals surface area contributed by atoms with Gasteiger partial charge in [0.05, 0.1) is 11.0 Å². The first-order valence-electron chi connectivity index (χ1n) is 5.52. The van der Waals surface area contributed by atoms with Crippen LogP contribution in [-0.4, -0.2) is 30.6 Å². The molecule has 1 amide bonds. The van der Waals surface area contributed by atoms with Crippen LogP contribution in [0.15, 0.2) is 24.3 Å². The fourth-order valence-electron chi connectivity index (χ4n) is 1.77. The zero-order valence-electron chi connectivity index (χ0n) is 9.68. The molecule has 92 valence electrons. The van der Waals surface area contributed by atoms with Crippen molar-refractivity contribution in [1.29, 1.82) is 0 Å². The Morgan fingerprint density at radius 1 is 1.59 bits per heavy atom. The first-order chi connectivity index (χ1) is 8.22. The van der Waals surface area contributed by atoms with E-state index in [1.807, 2.05) is 24.3 Å². The Balaban J connectivity index is 2.02. The highest BCUT2D eigenvalue weighted by atomic mass is 32.2. The van der Waals surface area contributed by atoms with Crippen molar-refractivity contribution in [3.05, 3.63) is 29.8 Å². The smallest absolute Gasteiger partial charge is 0.229 e. The van der Waals surface area contributed by atoms with Crippen LogP contribution in [0.3, 0.4) is 0 Å². The molecule has 0 aliphatic carbocycles. The van der Waals surface area contributed by atoms with Gasteiger partial charge in [0.1, 0.15) is 12.4 Å². The molecule has 0 bridgehead atoms. The maximum absolute atomic E-state index is 11.2. The molecule has 0 fully saturated rings. The molecule has 2 rings (SSSR count). The summed E-state index contributed by atoms with van der Waals surface area (Å²) in [5, 5.41) is 2.72. The van der Waals surface area contributed by atoms with Crippen LogP contribution >= 0.6 is 11.8 Å². The maximum atomic E-state index is 11.2. The summed E-state index contributed by atoms with van der Waals surface area (Å²) in [5.74, 6) is 1.29. The summed E-state index contributed by atoms with van der Waals surface area (Å²) in [5.41, 5.74) is 7.21. The van der Waals surface area contributed by atoms with Gasteiger partial charge >= 0.3 is 0 Å². The quantitative estimate of drug-likeness (QED) is 0.840. The Hall–Kier alpha value is -1.20. The largest absolute Gasteiger partial charge is 0.492 e. The zero-order valence-corrected chi connectivity index (χ0v) is 10.5. The summed E-state index contributed by atoms with van der Waals surface area (Å²) >= 11 is 1.54. The van der Waals surface area contributed by atoms with E-state index in [0.717, 1.165) is 11.3 Å². The normalized spacial score (nSPS) is 22.5. The van der Waals surface area contributed by atoms with Crippen molar-refractivity contribution in [1.82, 2.24) is 5.32 Å². The summed E-state index contributed by atoms with van der Waals surface area (Å²) in [6.07, 6.45) is 0. The van der Waals surface area contributed by atoms with Crippen molar-refractivity contribution in [2.45, 2.75) is 11.3 Å². The van der Waals surface area contributed by atoms with Gasteiger partial charge in [-0.05, 0) is 6.07 Å². The molecule has 2 atom stereocenters. The summed E-state index contributed by atoms with van der Waals surface area (Å²) in [6, 6.07) is 7.72. The number of nitrogens with two attached hydrogens (primary N) is 1. The van der Waals surface area contributed by atoms with Gasteiger partial charge in [-0.15, -0.1) is 11.8 Å². The van der Waals surface area contributed by atoms with Gasteiger partial charge in [-0.2, -0.15) is 0 Å². The van der Waals surface area contributed by atoms with E-state index in [1.165, 1.54) is 11.8 Å². The number of fused-ring (bicyclic) bond motifs is 1. The van der Waals surface area contributed by atoms with Crippen molar-refractivity contribution < 1.29 is 9.53 Å². The van der Waals surface area contributed by atoms with Crippen LogP contribution < -0.4 is 15.8 Å². The van der Waals surface area contributed by atoms with Gasteiger partial charge in [-0.1, -0.05) is 18.2 Å². The van der Waals surface area contributed by atoms with Crippen LogP contribution in [0.1, 0.15) is 11.6 Å². The van der Waals surface area contributed by atoms with Crippen LogP contribution in [0.25, 0.3) is 0 Å². The van der Waals surface area contributed by atoms with Crippen LogP contribution in [0.2, 0.25) is 0 Å². The van der Waals surface area contributed by atoms with E-state index >= 15 is 0 Å².